The highest BCUT2D eigenvalue weighted by atomic mass is 32.2. The molecule has 0 fully saturated rings. The van der Waals surface area contributed by atoms with E-state index in [2.05, 4.69) is 9.50 Å². The van der Waals surface area contributed by atoms with Crippen molar-refractivity contribution in [1.82, 2.24) is 5.32 Å². The van der Waals surface area contributed by atoms with E-state index in [1.165, 1.54) is 0 Å². The van der Waals surface area contributed by atoms with Crippen LogP contribution in [0, 0.1) is 0 Å². The Morgan fingerprint density at radius 2 is 1.54 bits per heavy atom. The first-order valence-electron chi connectivity index (χ1n) is 8.17. The quantitative estimate of drug-likeness (QED) is 0.493. The molecule has 0 aromatic heterocycles. The van der Waals surface area contributed by atoms with E-state index >= 15 is 0 Å². The summed E-state index contributed by atoms with van der Waals surface area (Å²) < 4.78 is 50.6. The molecule has 0 rings (SSSR count). The predicted octanol–water partition coefficient (Wildman–Crippen LogP) is 2.32. The molecule has 0 aliphatic rings. The second-order valence-electron chi connectivity index (χ2n) is 7.96. The molecule has 10 heteroatoms. The molecule has 0 spiro atoms. The molecule has 0 saturated carbocycles. The number of ether oxygens (including phenoxy) is 2. The zero-order valence-corrected chi connectivity index (χ0v) is 17.2. The van der Waals surface area contributed by atoms with E-state index in [1.807, 2.05) is 0 Å². The molecule has 0 aromatic carbocycles. The minimum absolute atomic E-state index is 0.296. The molecule has 1 amide bonds. The zero-order valence-electron chi connectivity index (χ0n) is 16.4. The molecule has 0 aromatic rings. The smallest absolute Gasteiger partial charge is 0.407 e. The second-order valence-corrected chi connectivity index (χ2v) is 9.60. The SMILES string of the molecule is CC(C)(C)OC(=O)C[C@H](CC(F)COS(C)(=O)=O)NC(=O)OC(C)(C)C. The third kappa shape index (κ3) is 14.9. The lowest BCUT2D eigenvalue weighted by atomic mass is 10.1. The molecule has 8 nitrogen and oxygen atoms in total. The van der Waals surface area contributed by atoms with E-state index in [-0.39, 0.29) is 12.8 Å². The first kappa shape index (κ1) is 24.6. The van der Waals surface area contributed by atoms with Crippen molar-refractivity contribution in [3.8, 4) is 0 Å². The molecule has 0 radical (unpaired) electrons. The minimum Gasteiger partial charge on any atom is -0.460 e. The number of alkyl carbamates (subject to hydrolysis) is 1. The number of amides is 1. The molecular formula is C16H30FNO7S. The molecule has 26 heavy (non-hydrogen) atoms. The summed E-state index contributed by atoms with van der Waals surface area (Å²) in [6, 6.07) is -0.946. The Balaban J connectivity index is 4.92. The molecule has 0 saturated heterocycles. The maximum atomic E-state index is 14.0. The van der Waals surface area contributed by atoms with Crippen LogP contribution in [0.1, 0.15) is 54.4 Å². The van der Waals surface area contributed by atoms with Crippen LogP contribution in [0.4, 0.5) is 9.18 Å². The van der Waals surface area contributed by atoms with Crippen LogP contribution in [0.2, 0.25) is 0 Å². The Kier molecular flexibility index (Phi) is 8.98. The Hall–Kier alpha value is -1.42. The van der Waals surface area contributed by atoms with Crippen LogP contribution in [0.3, 0.4) is 0 Å². The van der Waals surface area contributed by atoms with Crippen molar-refractivity contribution in [3.05, 3.63) is 0 Å². The van der Waals surface area contributed by atoms with E-state index < -0.39 is 52.2 Å². The summed E-state index contributed by atoms with van der Waals surface area (Å²) in [5.41, 5.74) is -1.50. The normalized spacial score (nSPS) is 15.1. The van der Waals surface area contributed by atoms with Gasteiger partial charge in [-0.05, 0) is 41.5 Å². The molecule has 0 bridgehead atoms. The van der Waals surface area contributed by atoms with Crippen LogP contribution in [0.5, 0.6) is 0 Å². The minimum atomic E-state index is -3.79. The number of nitrogens with one attached hydrogen (secondary N) is 1. The van der Waals surface area contributed by atoms with Gasteiger partial charge >= 0.3 is 12.1 Å². The lowest BCUT2D eigenvalue weighted by molar-refractivity contribution is -0.155. The standard InChI is InChI=1S/C16H30FNO7S/c1-15(2,3)24-13(19)9-12(18-14(20)25-16(4,5)6)8-11(17)10-23-26(7,21)22/h11-12H,8-10H2,1-7H3,(H,18,20)/t11?,12-/m0/s1. The Labute approximate surface area is 154 Å². The van der Waals surface area contributed by atoms with Gasteiger partial charge in [-0.15, -0.1) is 0 Å². The van der Waals surface area contributed by atoms with Gasteiger partial charge in [0.05, 0.1) is 19.3 Å². The molecule has 1 N–H and O–H groups in total. The van der Waals surface area contributed by atoms with Crippen molar-refractivity contribution in [2.75, 3.05) is 12.9 Å². The van der Waals surface area contributed by atoms with Crippen LogP contribution in [0.15, 0.2) is 0 Å². The van der Waals surface area contributed by atoms with Crippen molar-refractivity contribution in [2.45, 2.75) is 77.8 Å². The van der Waals surface area contributed by atoms with Crippen molar-refractivity contribution in [1.29, 1.82) is 0 Å². The fraction of sp³-hybridized carbons (Fsp3) is 0.875. The summed E-state index contributed by atoms with van der Waals surface area (Å²) in [7, 11) is -3.79. The molecule has 1 unspecified atom stereocenters. The van der Waals surface area contributed by atoms with Gasteiger partial charge in [0.1, 0.15) is 17.4 Å². The average molecular weight is 399 g/mol. The van der Waals surface area contributed by atoms with Crippen LogP contribution < -0.4 is 5.32 Å². The van der Waals surface area contributed by atoms with Crippen LogP contribution >= 0.6 is 0 Å². The third-order valence-corrected chi connectivity index (χ3v) is 3.12. The summed E-state index contributed by atoms with van der Waals surface area (Å²) >= 11 is 0. The first-order chi connectivity index (χ1) is 11.5. The van der Waals surface area contributed by atoms with Gasteiger partial charge in [0.15, 0.2) is 0 Å². The van der Waals surface area contributed by atoms with Gasteiger partial charge < -0.3 is 14.8 Å². The largest absolute Gasteiger partial charge is 0.460 e. The van der Waals surface area contributed by atoms with Crippen molar-refractivity contribution < 1.29 is 36.1 Å². The van der Waals surface area contributed by atoms with Crippen molar-refractivity contribution in [3.63, 3.8) is 0 Å². The van der Waals surface area contributed by atoms with Gasteiger partial charge in [0, 0.05) is 12.5 Å². The lowest BCUT2D eigenvalue weighted by Crippen LogP contribution is -2.42. The van der Waals surface area contributed by atoms with Gasteiger partial charge in [0.25, 0.3) is 10.1 Å². The van der Waals surface area contributed by atoms with Gasteiger partial charge in [-0.1, -0.05) is 0 Å². The molecule has 2 atom stereocenters. The molecule has 0 aliphatic heterocycles. The number of rotatable bonds is 8. The molecule has 0 heterocycles. The third-order valence-electron chi connectivity index (χ3n) is 2.56. The summed E-state index contributed by atoms with van der Waals surface area (Å²) in [5.74, 6) is -0.630. The number of hydrogen-bond acceptors (Lipinski definition) is 7. The highest BCUT2D eigenvalue weighted by Crippen LogP contribution is 2.14. The number of carbonyl (C=O) groups is 2. The van der Waals surface area contributed by atoms with Crippen LogP contribution in [0.25, 0.3) is 0 Å². The Morgan fingerprint density at radius 1 is 1.04 bits per heavy atom. The topological polar surface area (TPSA) is 108 Å². The number of halogens is 1. The van der Waals surface area contributed by atoms with Gasteiger partial charge in [-0.2, -0.15) is 8.42 Å². The summed E-state index contributed by atoms with van der Waals surface area (Å²) in [5, 5.41) is 2.41. The second kappa shape index (κ2) is 9.50. The lowest BCUT2D eigenvalue weighted by Gasteiger charge is -2.25. The van der Waals surface area contributed by atoms with E-state index in [0.29, 0.717) is 0 Å². The fourth-order valence-electron chi connectivity index (χ4n) is 1.83. The number of esters is 1. The zero-order chi connectivity index (χ0) is 20.8. The monoisotopic (exact) mass is 399 g/mol. The maximum Gasteiger partial charge on any atom is 0.407 e. The number of carbonyl (C=O) groups excluding carboxylic acids is 2. The van der Waals surface area contributed by atoms with E-state index in [0.717, 1.165) is 6.26 Å². The van der Waals surface area contributed by atoms with Gasteiger partial charge in [0.2, 0.25) is 0 Å². The van der Waals surface area contributed by atoms with Crippen LogP contribution in [-0.4, -0.2) is 56.8 Å². The molecule has 154 valence electrons. The number of hydrogen-bond donors (Lipinski definition) is 1. The molecule has 0 aliphatic carbocycles. The van der Waals surface area contributed by atoms with Crippen molar-refractivity contribution >= 4 is 22.2 Å². The Morgan fingerprint density at radius 3 is 1.96 bits per heavy atom. The van der Waals surface area contributed by atoms with E-state index in [1.54, 1.807) is 41.5 Å². The van der Waals surface area contributed by atoms with Crippen LogP contribution in [-0.2, 0) is 28.6 Å². The summed E-state index contributed by atoms with van der Waals surface area (Å²) in [4.78, 5) is 23.9. The summed E-state index contributed by atoms with van der Waals surface area (Å²) in [6.45, 7) is 9.31. The fourth-order valence-corrected chi connectivity index (χ4v) is 2.22. The van der Waals surface area contributed by atoms with Gasteiger partial charge in [-0.3, -0.25) is 8.98 Å². The number of alkyl halides is 1. The maximum absolute atomic E-state index is 14.0. The van der Waals surface area contributed by atoms with Crippen molar-refractivity contribution in [2.24, 2.45) is 0 Å². The van der Waals surface area contributed by atoms with E-state index in [9.17, 15) is 22.4 Å². The average Bonchev–Trinajstić information content (AvgIpc) is 2.30. The van der Waals surface area contributed by atoms with Gasteiger partial charge in [-0.25, -0.2) is 9.18 Å². The first-order valence-corrected chi connectivity index (χ1v) is 9.98. The Bertz CT molecular complexity index is 548. The summed E-state index contributed by atoms with van der Waals surface area (Å²) in [6.07, 6.45) is -2.37. The highest BCUT2D eigenvalue weighted by Gasteiger charge is 2.27. The predicted molar refractivity (Wildman–Crippen MR) is 93.9 cm³/mol. The highest BCUT2D eigenvalue weighted by molar-refractivity contribution is 7.85. The van der Waals surface area contributed by atoms with E-state index in [4.69, 9.17) is 9.47 Å². The molecular weight excluding hydrogens is 369 g/mol.